The van der Waals surface area contributed by atoms with E-state index in [2.05, 4.69) is 0 Å². The van der Waals surface area contributed by atoms with Crippen molar-refractivity contribution in [1.29, 1.82) is 0 Å². The molecule has 0 amide bonds. The molecule has 0 heterocycles. The molecular formula is C13H19NO. The van der Waals surface area contributed by atoms with Gasteiger partial charge in [0.1, 0.15) is 0 Å². The maximum atomic E-state index is 12.0. The highest BCUT2D eigenvalue weighted by Crippen LogP contribution is 2.16. The van der Waals surface area contributed by atoms with Gasteiger partial charge in [0.05, 0.1) is 6.04 Å². The van der Waals surface area contributed by atoms with E-state index >= 15 is 0 Å². The molecule has 0 aliphatic heterocycles. The zero-order chi connectivity index (χ0) is 11.6. The van der Waals surface area contributed by atoms with E-state index < -0.39 is 6.04 Å². The maximum absolute atomic E-state index is 12.0. The van der Waals surface area contributed by atoms with Crippen LogP contribution in [0.5, 0.6) is 0 Å². The first-order valence-electron chi connectivity index (χ1n) is 5.31. The first-order valence-corrected chi connectivity index (χ1v) is 5.31. The predicted molar refractivity (Wildman–Crippen MR) is 63.1 cm³/mol. The summed E-state index contributed by atoms with van der Waals surface area (Å²) in [6.07, 6.45) is 0. The van der Waals surface area contributed by atoms with Crippen LogP contribution in [0.4, 0.5) is 0 Å². The van der Waals surface area contributed by atoms with E-state index in [0.29, 0.717) is 0 Å². The fourth-order valence-electron chi connectivity index (χ4n) is 1.50. The summed E-state index contributed by atoms with van der Waals surface area (Å²) in [5.74, 6) is 0.226. The third-order valence-corrected chi connectivity index (χ3v) is 2.89. The Hall–Kier alpha value is -1.15. The number of benzene rings is 1. The lowest BCUT2D eigenvalue weighted by molar-refractivity contribution is 0.0940. The summed E-state index contributed by atoms with van der Waals surface area (Å²) >= 11 is 0. The van der Waals surface area contributed by atoms with Gasteiger partial charge in [-0.15, -0.1) is 0 Å². The molecule has 0 spiro atoms. The molecule has 1 rings (SSSR count). The fraction of sp³-hybridized carbons (Fsp3) is 0.462. The van der Waals surface area contributed by atoms with Gasteiger partial charge < -0.3 is 5.73 Å². The molecule has 82 valence electrons. The number of carbonyl (C=O) groups excluding carboxylic acids is 1. The molecule has 1 atom stereocenters. The van der Waals surface area contributed by atoms with Crippen LogP contribution in [-0.2, 0) is 0 Å². The van der Waals surface area contributed by atoms with Crippen LogP contribution in [0.1, 0.15) is 35.3 Å². The lowest BCUT2D eigenvalue weighted by Gasteiger charge is -2.16. The van der Waals surface area contributed by atoms with E-state index in [1.165, 1.54) is 0 Å². The lowest BCUT2D eigenvalue weighted by Crippen LogP contribution is -2.35. The Kier molecular flexibility index (Phi) is 3.64. The third kappa shape index (κ3) is 2.45. The third-order valence-electron chi connectivity index (χ3n) is 2.89. The number of ketones is 1. The highest BCUT2D eigenvalue weighted by Gasteiger charge is 2.20. The average Bonchev–Trinajstić information content (AvgIpc) is 2.20. The normalized spacial score (nSPS) is 12.9. The quantitative estimate of drug-likeness (QED) is 0.770. The predicted octanol–water partition coefficient (Wildman–Crippen LogP) is 2.47. The van der Waals surface area contributed by atoms with Crippen LogP contribution in [0, 0.1) is 19.8 Å². The van der Waals surface area contributed by atoms with Crippen molar-refractivity contribution < 1.29 is 4.79 Å². The Labute approximate surface area is 91.5 Å². The number of carbonyl (C=O) groups is 1. The zero-order valence-electron chi connectivity index (χ0n) is 9.87. The number of hydrogen-bond acceptors (Lipinski definition) is 2. The monoisotopic (exact) mass is 205 g/mol. The molecule has 2 heteroatoms. The topological polar surface area (TPSA) is 43.1 Å². The van der Waals surface area contributed by atoms with Crippen molar-refractivity contribution in [2.45, 2.75) is 33.7 Å². The van der Waals surface area contributed by atoms with Gasteiger partial charge in [0.2, 0.25) is 0 Å². The van der Waals surface area contributed by atoms with Crippen LogP contribution in [0.15, 0.2) is 18.2 Å². The van der Waals surface area contributed by atoms with Crippen LogP contribution in [0.2, 0.25) is 0 Å². The standard InChI is InChI=1S/C13H19NO/c1-8(2)12(14)13(15)11-7-5-6-9(3)10(11)4/h5-8,12H,14H2,1-4H3. The van der Waals surface area contributed by atoms with Crippen LogP contribution in [0.3, 0.4) is 0 Å². The second kappa shape index (κ2) is 4.58. The Balaban J connectivity index is 3.07. The highest BCUT2D eigenvalue weighted by molar-refractivity contribution is 6.01. The molecule has 0 fully saturated rings. The molecule has 15 heavy (non-hydrogen) atoms. The van der Waals surface area contributed by atoms with Crippen LogP contribution in [0.25, 0.3) is 0 Å². The Morgan fingerprint density at radius 1 is 1.27 bits per heavy atom. The van der Waals surface area contributed by atoms with E-state index in [9.17, 15) is 4.79 Å². The first kappa shape index (κ1) is 11.9. The molecule has 0 radical (unpaired) electrons. The van der Waals surface area contributed by atoms with Gasteiger partial charge in [-0.3, -0.25) is 4.79 Å². The number of nitrogens with two attached hydrogens (primary N) is 1. The van der Waals surface area contributed by atoms with Crippen molar-refractivity contribution in [2.24, 2.45) is 11.7 Å². The molecule has 0 saturated carbocycles. The molecule has 1 unspecified atom stereocenters. The minimum Gasteiger partial charge on any atom is -0.321 e. The summed E-state index contributed by atoms with van der Waals surface area (Å²) in [6.45, 7) is 7.91. The van der Waals surface area contributed by atoms with Crippen molar-refractivity contribution in [3.8, 4) is 0 Å². The summed E-state index contributed by atoms with van der Waals surface area (Å²) in [4.78, 5) is 12.0. The van der Waals surface area contributed by atoms with Crippen molar-refractivity contribution in [3.63, 3.8) is 0 Å². The molecule has 0 aromatic heterocycles. The van der Waals surface area contributed by atoms with Gasteiger partial charge in [0.15, 0.2) is 5.78 Å². The van der Waals surface area contributed by atoms with Gasteiger partial charge in [0.25, 0.3) is 0 Å². The Morgan fingerprint density at radius 2 is 1.87 bits per heavy atom. The second-order valence-corrected chi connectivity index (χ2v) is 4.38. The molecule has 0 aliphatic carbocycles. The molecular weight excluding hydrogens is 186 g/mol. The van der Waals surface area contributed by atoms with E-state index in [1.807, 2.05) is 45.9 Å². The summed E-state index contributed by atoms with van der Waals surface area (Å²) in [6, 6.07) is 5.37. The molecule has 2 N–H and O–H groups in total. The summed E-state index contributed by atoms with van der Waals surface area (Å²) in [7, 11) is 0. The molecule has 0 bridgehead atoms. The molecule has 0 aliphatic rings. The summed E-state index contributed by atoms with van der Waals surface area (Å²) in [5, 5.41) is 0. The van der Waals surface area contributed by atoms with Gasteiger partial charge in [-0.1, -0.05) is 32.0 Å². The Morgan fingerprint density at radius 3 is 2.40 bits per heavy atom. The van der Waals surface area contributed by atoms with Crippen LogP contribution < -0.4 is 5.73 Å². The second-order valence-electron chi connectivity index (χ2n) is 4.38. The average molecular weight is 205 g/mol. The van der Waals surface area contributed by atoms with Crippen LogP contribution in [-0.4, -0.2) is 11.8 Å². The smallest absolute Gasteiger partial charge is 0.180 e. The molecule has 2 nitrogen and oxygen atoms in total. The number of Topliss-reactive ketones (excluding diaryl/α,β-unsaturated/α-hetero) is 1. The van der Waals surface area contributed by atoms with E-state index in [-0.39, 0.29) is 11.7 Å². The minimum atomic E-state index is -0.398. The molecule has 1 aromatic carbocycles. The lowest BCUT2D eigenvalue weighted by atomic mass is 9.92. The fourth-order valence-corrected chi connectivity index (χ4v) is 1.50. The van der Waals surface area contributed by atoms with E-state index in [4.69, 9.17) is 5.73 Å². The van der Waals surface area contributed by atoms with Crippen molar-refractivity contribution in [2.75, 3.05) is 0 Å². The van der Waals surface area contributed by atoms with E-state index in [0.717, 1.165) is 16.7 Å². The molecule has 1 aromatic rings. The van der Waals surface area contributed by atoms with E-state index in [1.54, 1.807) is 0 Å². The van der Waals surface area contributed by atoms with Gasteiger partial charge >= 0.3 is 0 Å². The van der Waals surface area contributed by atoms with Crippen molar-refractivity contribution in [3.05, 3.63) is 34.9 Å². The first-order chi connectivity index (χ1) is 6.95. The van der Waals surface area contributed by atoms with Gasteiger partial charge in [-0.05, 0) is 30.9 Å². The van der Waals surface area contributed by atoms with Gasteiger partial charge in [-0.25, -0.2) is 0 Å². The van der Waals surface area contributed by atoms with Crippen molar-refractivity contribution in [1.82, 2.24) is 0 Å². The zero-order valence-corrected chi connectivity index (χ0v) is 9.87. The highest BCUT2D eigenvalue weighted by atomic mass is 16.1. The molecule has 0 saturated heterocycles. The van der Waals surface area contributed by atoms with Crippen molar-refractivity contribution >= 4 is 5.78 Å². The largest absolute Gasteiger partial charge is 0.321 e. The maximum Gasteiger partial charge on any atom is 0.180 e. The Bertz CT molecular complexity index is 369. The number of rotatable bonds is 3. The van der Waals surface area contributed by atoms with Crippen LogP contribution >= 0.6 is 0 Å². The number of hydrogen-bond donors (Lipinski definition) is 1. The van der Waals surface area contributed by atoms with Gasteiger partial charge in [-0.2, -0.15) is 0 Å². The summed E-state index contributed by atoms with van der Waals surface area (Å²) in [5.41, 5.74) is 8.80. The minimum absolute atomic E-state index is 0.0474. The number of aryl methyl sites for hydroxylation is 1. The van der Waals surface area contributed by atoms with Gasteiger partial charge in [0, 0.05) is 5.56 Å². The summed E-state index contributed by atoms with van der Waals surface area (Å²) < 4.78 is 0. The SMILES string of the molecule is Cc1cccc(C(=O)C(N)C(C)C)c1C.